The van der Waals surface area contributed by atoms with Crippen LogP contribution in [0.1, 0.15) is 29.4 Å². The Kier molecular flexibility index (Phi) is 4.16. The molecule has 0 aliphatic rings. The van der Waals surface area contributed by atoms with Gasteiger partial charge in [-0.05, 0) is 38.3 Å². The van der Waals surface area contributed by atoms with E-state index in [0.717, 1.165) is 34.7 Å². The number of ether oxygens (including phenoxy) is 1. The van der Waals surface area contributed by atoms with Crippen molar-refractivity contribution in [1.29, 1.82) is 0 Å². The van der Waals surface area contributed by atoms with E-state index in [9.17, 15) is 0 Å². The van der Waals surface area contributed by atoms with Crippen molar-refractivity contribution >= 4 is 0 Å². The average molecular weight is 261 g/mol. The topological polar surface area (TPSA) is 74.2 Å². The Morgan fingerprint density at radius 1 is 1.32 bits per heavy atom. The minimum atomic E-state index is 0.0969. The molecule has 1 aromatic heterocycles. The standard InChI is InChI=1S/C14H19N3O2/c1-9-5-4-6-12(7-10(2)15)14(9)18-8-13-11(3)16-19-17-13/h4-6,10H,7-8,15H2,1-3H3. The molecule has 2 N–H and O–H groups in total. The van der Waals surface area contributed by atoms with Gasteiger partial charge in [0.25, 0.3) is 0 Å². The maximum atomic E-state index is 5.88. The Labute approximate surface area is 112 Å². The summed E-state index contributed by atoms with van der Waals surface area (Å²) in [4.78, 5) is 0. The number of hydrogen-bond acceptors (Lipinski definition) is 5. The molecule has 2 rings (SSSR count). The number of benzene rings is 1. The Morgan fingerprint density at radius 3 is 2.74 bits per heavy atom. The molecule has 0 saturated carbocycles. The van der Waals surface area contributed by atoms with Crippen molar-refractivity contribution < 1.29 is 9.37 Å². The lowest BCUT2D eigenvalue weighted by Gasteiger charge is -2.14. The van der Waals surface area contributed by atoms with Gasteiger partial charge in [0.2, 0.25) is 0 Å². The van der Waals surface area contributed by atoms with E-state index in [0.29, 0.717) is 6.61 Å². The van der Waals surface area contributed by atoms with Crippen molar-refractivity contribution in [3.05, 3.63) is 40.7 Å². The zero-order valence-corrected chi connectivity index (χ0v) is 11.5. The van der Waals surface area contributed by atoms with E-state index in [1.54, 1.807) is 0 Å². The van der Waals surface area contributed by atoms with Crippen LogP contribution in [0.3, 0.4) is 0 Å². The van der Waals surface area contributed by atoms with E-state index in [2.05, 4.69) is 14.9 Å². The van der Waals surface area contributed by atoms with E-state index >= 15 is 0 Å². The zero-order valence-electron chi connectivity index (χ0n) is 11.5. The predicted molar refractivity (Wildman–Crippen MR) is 71.9 cm³/mol. The van der Waals surface area contributed by atoms with E-state index in [1.165, 1.54) is 0 Å². The van der Waals surface area contributed by atoms with Crippen LogP contribution in [-0.4, -0.2) is 16.4 Å². The van der Waals surface area contributed by atoms with Crippen molar-refractivity contribution in [1.82, 2.24) is 10.3 Å². The van der Waals surface area contributed by atoms with Gasteiger partial charge in [-0.15, -0.1) is 0 Å². The molecule has 1 unspecified atom stereocenters. The van der Waals surface area contributed by atoms with Crippen LogP contribution in [0.2, 0.25) is 0 Å². The first kappa shape index (κ1) is 13.5. The highest BCUT2D eigenvalue weighted by Crippen LogP contribution is 2.25. The molecule has 0 amide bonds. The van der Waals surface area contributed by atoms with Crippen molar-refractivity contribution in [2.75, 3.05) is 0 Å². The minimum Gasteiger partial charge on any atom is -0.487 e. The van der Waals surface area contributed by atoms with Gasteiger partial charge < -0.3 is 10.5 Å². The van der Waals surface area contributed by atoms with E-state index < -0.39 is 0 Å². The molecule has 19 heavy (non-hydrogen) atoms. The summed E-state index contributed by atoms with van der Waals surface area (Å²) < 4.78 is 10.5. The first-order chi connectivity index (χ1) is 9.08. The highest BCUT2D eigenvalue weighted by atomic mass is 16.6. The number of aryl methyl sites for hydroxylation is 2. The summed E-state index contributed by atoms with van der Waals surface area (Å²) in [6, 6.07) is 6.18. The summed E-state index contributed by atoms with van der Waals surface area (Å²) >= 11 is 0. The maximum absolute atomic E-state index is 5.88. The van der Waals surface area contributed by atoms with E-state index in [-0.39, 0.29) is 6.04 Å². The summed E-state index contributed by atoms with van der Waals surface area (Å²) in [6.45, 7) is 6.20. The molecule has 0 radical (unpaired) electrons. The number of hydrogen-bond donors (Lipinski definition) is 1. The maximum Gasteiger partial charge on any atom is 0.145 e. The van der Waals surface area contributed by atoms with Crippen LogP contribution in [0.5, 0.6) is 5.75 Å². The van der Waals surface area contributed by atoms with Crippen LogP contribution < -0.4 is 10.5 Å². The third-order valence-electron chi connectivity index (χ3n) is 2.93. The van der Waals surface area contributed by atoms with Crippen LogP contribution in [0.4, 0.5) is 0 Å². The second-order valence-corrected chi connectivity index (χ2v) is 4.83. The molecule has 1 aromatic carbocycles. The van der Waals surface area contributed by atoms with Crippen LogP contribution in [0, 0.1) is 13.8 Å². The van der Waals surface area contributed by atoms with Crippen LogP contribution in [-0.2, 0) is 13.0 Å². The molecule has 0 spiro atoms. The molecule has 0 bridgehead atoms. The van der Waals surface area contributed by atoms with Crippen molar-refractivity contribution in [2.45, 2.75) is 39.8 Å². The number of nitrogens with two attached hydrogens (primary N) is 1. The number of nitrogens with zero attached hydrogens (tertiary/aromatic N) is 2. The van der Waals surface area contributed by atoms with Crippen molar-refractivity contribution in [3.63, 3.8) is 0 Å². The van der Waals surface area contributed by atoms with Gasteiger partial charge in [-0.3, -0.25) is 0 Å². The van der Waals surface area contributed by atoms with Gasteiger partial charge in [0.1, 0.15) is 23.7 Å². The summed E-state index contributed by atoms with van der Waals surface area (Å²) in [6.07, 6.45) is 0.785. The van der Waals surface area contributed by atoms with Gasteiger partial charge in [-0.1, -0.05) is 28.5 Å². The molecular weight excluding hydrogens is 242 g/mol. The first-order valence-corrected chi connectivity index (χ1v) is 6.33. The monoisotopic (exact) mass is 261 g/mol. The van der Waals surface area contributed by atoms with Crippen molar-refractivity contribution in [3.8, 4) is 5.75 Å². The highest BCUT2D eigenvalue weighted by molar-refractivity contribution is 5.41. The molecule has 5 heteroatoms. The van der Waals surface area contributed by atoms with Crippen LogP contribution in [0.25, 0.3) is 0 Å². The van der Waals surface area contributed by atoms with Crippen molar-refractivity contribution in [2.24, 2.45) is 5.73 Å². The number of aromatic nitrogens is 2. The SMILES string of the molecule is Cc1cccc(CC(C)N)c1OCc1nonc1C. The summed E-state index contributed by atoms with van der Waals surface area (Å²) in [7, 11) is 0. The van der Waals surface area contributed by atoms with E-state index in [1.807, 2.05) is 39.0 Å². The van der Waals surface area contributed by atoms with Gasteiger partial charge in [0, 0.05) is 6.04 Å². The molecular formula is C14H19N3O2. The largest absolute Gasteiger partial charge is 0.487 e. The summed E-state index contributed by atoms with van der Waals surface area (Å²) in [5, 5.41) is 7.55. The molecule has 0 aliphatic carbocycles. The second-order valence-electron chi connectivity index (χ2n) is 4.83. The normalized spacial score (nSPS) is 12.4. The molecule has 1 atom stereocenters. The molecule has 1 heterocycles. The summed E-state index contributed by atoms with van der Waals surface area (Å²) in [5.74, 6) is 0.877. The molecule has 102 valence electrons. The Morgan fingerprint density at radius 2 is 2.11 bits per heavy atom. The van der Waals surface area contributed by atoms with Gasteiger partial charge in [0.15, 0.2) is 0 Å². The van der Waals surface area contributed by atoms with E-state index in [4.69, 9.17) is 10.5 Å². The smallest absolute Gasteiger partial charge is 0.145 e. The Bertz CT molecular complexity index is 549. The zero-order chi connectivity index (χ0) is 13.8. The van der Waals surface area contributed by atoms with Gasteiger partial charge in [0.05, 0.1) is 0 Å². The Balaban J connectivity index is 2.17. The molecule has 0 saturated heterocycles. The third-order valence-corrected chi connectivity index (χ3v) is 2.93. The number of para-hydroxylation sites is 1. The van der Waals surface area contributed by atoms with Crippen LogP contribution >= 0.6 is 0 Å². The highest BCUT2D eigenvalue weighted by Gasteiger charge is 2.11. The first-order valence-electron chi connectivity index (χ1n) is 6.33. The second kappa shape index (κ2) is 5.84. The average Bonchev–Trinajstić information content (AvgIpc) is 2.73. The lowest BCUT2D eigenvalue weighted by Crippen LogP contribution is -2.18. The van der Waals surface area contributed by atoms with Gasteiger partial charge in [-0.25, -0.2) is 4.63 Å². The molecule has 2 aromatic rings. The third kappa shape index (κ3) is 3.32. The quantitative estimate of drug-likeness (QED) is 0.892. The fourth-order valence-electron chi connectivity index (χ4n) is 1.95. The van der Waals surface area contributed by atoms with Crippen LogP contribution in [0.15, 0.2) is 22.8 Å². The molecule has 5 nitrogen and oxygen atoms in total. The fraction of sp³-hybridized carbons (Fsp3) is 0.429. The fourth-order valence-corrected chi connectivity index (χ4v) is 1.95. The van der Waals surface area contributed by atoms with Gasteiger partial charge in [-0.2, -0.15) is 0 Å². The lowest BCUT2D eigenvalue weighted by atomic mass is 10.0. The Hall–Kier alpha value is -1.88. The predicted octanol–water partition coefficient (Wildman–Crippen LogP) is 2.16. The number of rotatable bonds is 5. The minimum absolute atomic E-state index is 0.0969. The molecule has 0 aliphatic heterocycles. The molecule has 0 fully saturated rings. The summed E-state index contributed by atoms with van der Waals surface area (Å²) in [5.41, 5.74) is 9.54. The van der Waals surface area contributed by atoms with Gasteiger partial charge >= 0.3 is 0 Å². The lowest BCUT2D eigenvalue weighted by molar-refractivity contribution is 0.267.